The molecular weight excluding hydrogens is 336 g/mol. The Bertz CT molecular complexity index is 755. The molecule has 1 N–H and O–H groups in total. The molecule has 0 spiro atoms. The molecule has 1 aromatic carbocycles. The summed E-state index contributed by atoms with van der Waals surface area (Å²) in [5.41, 5.74) is 3.15. The molecule has 0 fully saturated rings. The third-order valence-corrected chi connectivity index (χ3v) is 3.18. The summed E-state index contributed by atoms with van der Waals surface area (Å²) < 4.78 is 15.9. The van der Waals surface area contributed by atoms with Gasteiger partial charge in [-0.3, -0.25) is 4.79 Å². The largest absolute Gasteiger partial charge is 0.481 e. The maximum atomic E-state index is 11.7. The molecule has 0 atom stereocenters. The van der Waals surface area contributed by atoms with Crippen LogP contribution in [0.3, 0.4) is 0 Å². The van der Waals surface area contributed by atoms with Crippen molar-refractivity contribution in [2.45, 2.75) is 20.3 Å². The lowest BCUT2D eigenvalue weighted by Crippen LogP contribution is -2.19. The highest BCUT2D eigenvalue weighted by molar-refractivity contribution is 5.85. The first-order chi connectivity index (χ1) is 12.5. The van der Waals surface area contributed by atoms with Gasteiger partial charge in [0.15, 0.2) is 0 Å². The summed E-state index contributed by atoms with van der Waals surface area (Å²) in [5, 5.41) is 3.97. The predicted octanol–water partition coefficient (Wildman–Crippen LogP) is 2.78. The summed E-state index contributed by atoms with van der Waals surface area (Å²) >= 11 is 0. The molecule has 0 saturated carbocycles. The van der Waals surface area contributed by atoms with E-state index in [0.29, 0.717) is 29.5 Å². The Morgan fingerprint density at radius 1 is 1.19 bits per heavy atom. The van der Waals surface area contributed by atoms with E-state index in [1.54, 1.807) is 24.3 Å². The van der Waals surface area contributed by atoms with E-state index in [1.807, 2.05) is 19.9 Å². The number of hydrazone groups is 1. The molecule has 0 aliphatic rings. The van der Waals surface area contributed by atoms with E-state index >= 15 is 0 Å². The molecule has 0 aliphatic heterocycles. The van der Waals surface area contributed by atoms with E-state index < -0.39 is 0 Å². The summed E-state index contributed by atoms with van der Waals surface area (Å²) in [4.78, 5) is 19.9. The number of hydrogen-bond donors (Lipinski definition) is 1. The van der Waals surface area contributed by atoms with Crippen LogP contribution in [0.1, 0.15) is 25.8 Å². The Kier molecular flexibility index (Phi) is 6.90. The first-order valence-corrected chi connectivity index (χ1v) is 8.07. The summed E-state index contributed by atoms with van der Waals surface area (Å²) in [6.07, 6.45) is 1.91. The summed E-state index contributed by atoms with van der Waals surface area (Å²) in [7, 11) is 2.98. The molecule has 0 aliphatic carbocycles. The van der Waals surface area contributed by atoms with Crippen molar-refractivity contribution in [3.05, 3.63) is 35.9 Å². The van der Waals surface area contributed by atoms with Crippen LogP contribution in [0.2, 0.25) is 0 Å². The van der Waals surface area contributed by atoms with Crippen molar-refractivity contribution in [3.63, 3.8) is 0 Å². The molecule has 8 heteroatoms. The number of aromatic nitrogens is 2. The quantitative estimate of drug-likeness (QED) is 0.576. The van der Waals surface area contributed by atoms with Gasteiger partial charge in [-0.2, -0.15) is 15.1 Å². The van der Waals surface area contributed by atoms with Crippen molar-refractivity contribution in [2.24, 2.45) is 11.0 Å². The highest BCUT2D eigenvalue weighted by Crippen LogP contribution is 2.25. The number of nitrogens with zero attached hydrogens (tertiary/aromatic N) is 3. The van der Waals surface area contributed by atoms with Gasteiger partial charge in [0.1, 0.15) is 5.75 Å². The van der Waals surface area contributed by atoms with Crippen molar-refractivity contribution >= 4 is 12.1 Å². The lowest BCUT2D eigenvalue weighted by atomic mass is 10.1. The molecule has 2 rings (SSSR count). The number of nitrogens with one attached hydrogen (secondary N) is 1. The van der Waals surface area contributed by atoms with Gasteiger partial charge in [0.05, 0.1) is 26.5 Å². The fourth-order valence-corrected chi connectivity index (χ4v) is 2.01. The molecule has 138 valence electrons. The summed E-state index contributed by atoms with van der Waals surface area (Å²) in [6.45, 7) is 3.93. The van der Waals surface area contributed by atoms with Gasteiger partial charge in [-0.05, 0) is 18.1 Å². The molecule has 1 amide bonds. The molecule has 8 nitrogen and oxygen atoms in total. The Morgan fingerprint density at radius 2 is 1.85 bits per heavy atom. The SMILES string of the molecule is COc1cc(OC)nc(Oc2ccccc2C=NNC(=O)CC(C)C)n1. The number of benzene rings is 1. The number of para-hydroxylation sites is 1. The second kappa shape index (κ2) is 9.36. The number of rotatable bonds is 8. The van der Waals surface area contributed by atoms with E-state index in [0.717, 1.165) is 0 Å². The highest BCUT2D eigenvalue weighted by Gasteiger charge is 2.10. The predicted molar refractivity (Wildman–Crippen MR) is 96.8 cm³/mol. The average molecular weight is 358 g/mol. The van der Waals surface area contributed by atoms with Crippen molar-refractivity contribution in [1.82, 2.24) is 15.4 Å². The fourth-order valence-electron chi connectivity index (χ4n) is 2.01. The molecule has 1 aromatic heterocycles. The van der Waals surface area contributed by atoms with Crippen LogP contribution in [0.25, 0.3) is 0 Å². The third-order valence-electron chi connectivity index (χ3n) is 3.18. The summed E-state index contributed by atoms with van der Waals surface area (Å²) in [5.74, 6) is 1.24. The normalized spacial score (nSPS) is 10.8. The molecule has 1 heterocycles. The Morgan fingerprint density at radius 3 is 2.46 bits per heavy atom. The first-order valence-electron chi connectivity index (χ1n) is 8.07. The Hall–Kier alpha value is -3.16. The monoisotopic (exact) mass is 358 g/mol. The first kappa shape index (κ1) is 19.2. The number of amides is 1. The topological polar surface area (TPSA) is 94.9 Å². The van der Waals surface area contributed by atoms with Gasteiger partial charge in [-0.1, -0.05) is 26.0 Å². The van der Waals surface area contributed by atoms with E-state index in [9.17, 15) is 4.79 Å². The number of hydrogen-bond acceptors (Lipinski definition) is 7. The minimum absolute atomic E-state index is 0.0749. The van der Waals surface area contributed by atoms with Crippen LogP contribution >= 0.6 is 0 Å². The van der Waals surface area contributed by atoms with Crippen molar-refractivity contribution in [3.8, 4) is 23.5 Å². The van der Waals surface area contributed by atoms with E-state index in [2.05, 4.69) is 20.5 Å². The van der Waals surface area contributed by atoms with Crippen molar-refractivity contribution in [1.29, 1.82) is 0 Å². The van der Waals surface area contributed by atoms with Gasteiger partial charge in [0, 0.05) is 12.0 Å². The number of ether oxygens (including phenoxy) is 3. The number of carbonyl (C=O) groups is 1. The lowest BCUT2D eigenvalue weighted by Gasteiger charge is -2.09. The zero-order valence-corrected chi connectivity index (χ0v) is 15.2. The molecule has 0 saturated heterocycles. The molecule has 0 bridgehead atoms. The highest BCUT2D eigenvalue weighted by atomic mass is 16.5. The Labute approximate surface area is 152 Å². The van der Waals surface area contributed by atoms with Crippen LogP contribution < -0.4 is 19.6 Å². The van der Waals surface area contributed by atoms with Gasteiger partial charge in [-0.15, -0.1) is 0 Å². The third kappa shape index (κ3) is 5.73. The number of carbonyl (C=O) groups excluding carboxylic acids is 1. The van der Waals surface area contributed by atoms with Crippen LogP contribution in [0.15, 0.2) is 35.4 Å². The minimum Gasteiger partial charge on any atom is -0.481 e. The molecule has 26 heavy (non-hydrogen) atoms. The van der Waals surface area contributed by atoms with E-state index in [1.165, 1.54) is 20.4 Å². The minimum atomic E-state index is -0.143. The standard InChI is InChI=1S/C18H22N4O4/c1-12(2)9-15(23)22-19-11-13-7-5-6-8-14(13)26-18-20-16(24-3)10-17(21-18)25-4/h5-8,10-12H,9H2,1-4H3,(H,22,23). The number of methoxy groups -OCH3 is 2. The van der Waals surface area contributed by atoms with Crippen LogP contribution in [0, 0.1) is 5.92 Å². The van der Waals surface area contributed by atoms with Crippen LogP contribution in [-0.4, -0.2) is 36.3 Å². The maximum absolute atomic E-state index is 11.7. The van der Waals surface area contributed by atoms with Gasteiger partial charge < -0.3 is 14.2 Å². The zero-order valence-electron chi connectivity index (χ0n) is 15.2. The smallest absolute Gasteiger partial charge is 0.328 e. The molecule has 2 aromatic rings. The Balaban J connectivity index is 2.15. The summed E-state index contributed by atoms with van der Waals surface area (Å²) in [6, 6.07) is 8.80. The lowest BCUT2D eigenvalue weighted by molar-refractivity contribution is -0.121. The van der Waals surface area contributed by atoms with Crippen LogP contribution in [-0.2, 0) is 4.79 Å². The van der Waals surface area contributed by atoms with E-state index in [-0.39, 0.29) is 17.8 Å². The van der Waals surface area contributed by atoms with Gasteiger partial charge >= 0.3 is 6.01 Å². The van der Waals surface area contributed by atoms with Gasteiger partial charge in [0.25, 0.3) is 0 Å². The maximum Gasteiger partial charge on any atom is 0.328 e. The zero-order chi connectivity index (χ0) is 18.9. The molecule has 0 radical (unpaired) electrons. The van der Waals surface area contributed by atoms with Crippen molar-refractivity contribution in [2.75, 3.05) is 14.2 Å². The second-order valence-electron chi connectivity index (χ2n) is 5.77. The van der Waals surface area contributed by atoms with E-state index in [4.69, 9.17) is 14.2 Å². The fraction of sp³-hybridized carbons (Fsp3) is 0.333. The van der Waals surface area contributed by atoms with Crippen LogP contribution in [0.4, 0.5) is 0 Å². The van der Waals surface area contributed by atoms with Crippen molar-refractivity contribution < 1.29 is 19.0 Å². The average Bonchev–Trinajstić information content (AvgIpc) is 2.62. The van der Waals surface area contributed by atoms with Gasteiger partial charge in [0.2, 0.25) is 17.7 Å². The molecular formula is C18H22N4O4. The van der Waals surface area contributed by atoms with Gasteiger partial charge in [-0.25, -0.2) is 5.43 Å². The van der Waals surface area contributed by atoms with Crippen LogP contribution in [0.5, 0.6) is 23.5 Å². The molecule has 0 unspecified atom stereocenters. The second-order valence-corrected chi connectivity index (χ2v) is 5.77.